The van der Waals surface area contributed by atoms with Crippen molar-refractivity contribution in [1.29, 1.82) is 0 Å². The number of rotatable bonds is 13. The smallest absolute Gasteiger partial charge is 0.0937 e. The first-order valence-corrected chi connectivity index (χ1v) is 8.96. The number of amidine groups is 1. The van der Waals surface area contributed by atoms with E-state index in [4.69, 9.17) is 5.73 Å². The van der Waals surface area contributed by atoms with Crippen LogP contribution in [0.4, 0.5) is 0 Å². The lowest BCUT2D eigenvalue weighted by atomic mass is 9.91. The van der Waals surface area contributed by atoms with Gasteiger partial charge in [-0.2, -0.15) is 0 Å². The predicted octanol–water partition coefficient (Wildman–Crippen LogP) is 5.56. The van der Waals surface area contributed by atoms with Gasteiger partial charge in [-0.15, -0.1) is 0 Å². The number of hydrogen-bond acceptors (Lipinski definition) is 1. The molecule has 0 aliphatic heterocycles. The number of aliphatic imine (C=N–C) groups is 1. The van der Waals surface area contributed by atoms with E-state index in [2.05, 4.69) is 32.7 Å². The molecule has 0 fully saturated rings. The largest absolute Gasteiger partial charge is 0.387 e. The molecule has 120 valence electrons. The second-order valence-electron chi connectivity index (χ2n) is 6.20. The Hall–Kier alpha value is -0.530. The van der Waals surface area contributed by atoms with Crippen LogP contribution in [0.1, 0.15) is 91.9 Å². The number of hydrogen-bond donors (Lipinski definition) is 1. The summed E-state index contributed by atoms with van der Waals surface area (Å²) in [5.41, 5.74) is 5.93. The van der Waals surface area contributed by atoms with Gasteiger partial charge in [0, 0.05) is 13.0 Å². The first-order chi connectivity index (χ1) is 9.67. The molecule has 0 aromatic carbocycles. The van der Waals surface area contributed by atoms with Crippen molar-refractivity contribution in [2.45, 2.75) is 91.9 Å². The van der Waals surface area contributed by atoms with Gasteiger partial charge in [0.2, 0.25) is 0 Å². The lowest BCUT2D eigenvalue weighted by Gasteiger charge is -2.17. The Kier molecular flexibility index (Phi) is 13.1. The van der Waals surface area contributed by atoms with Gasteiger partial charge < -0.3 is 5.73 Å². The lowest BCUT2D eigenvalue weighted by molar-refractivity contribution is 0.377. The zero-order chi connectivity index (χ0) is 15.2. The van der Waals surface area contributed by atoms with Crippen molar-refractivity contribution >= 4 is 5.84 Å². The SMILES string of the molecule is CCCCC(CCCC(CC)CC)CN=C(N)CCC. The summed E-state index contributed by atoms with van der Waals surface area (Å²) in [6.45, 7) is 10.0. The average Bonchev–Trinajstić information content (AvgIpc) is 2.46. The molecule has 2 nitrogen and oxygen atoms in total. The van der Waals surface area contributed by atoms with E-state index >= 15 is 0 Å². The van der Waals surface area contributed by atoms with Gasteiger partial charge in [-0.1, -0.05) is 66.2 Å². The van der Waals surface area contributed by atoms with Gasteiger partial charge in [0.05, 0.1) is 5.84 Å². The fraction of sp³-hybridized carbons (Fsp3) is 0.944. The van der Waals surface area contributed by atoms with Crippen molar-refractivity contribution in [2.75, 3.05) is 6.54 Å². The monoisotopic (exact) mass is 282 g/mol. The highest BCUT2D eigenvalue weighted by Crippen LogP contribution is 2.21. The fourth-order valence-electron chi connectivity index (χ4n) is 2.79. The van der Waals surface area contributed by atoms with Crippen LogP contribution in [0.25, 0.3) is 0 Å². The van der Waals surface area contributed by atoms with Gasteiger partial charge >= 0.3 is 0 Å². The average molecular weight is 283 g/mol. The second-order valence-corrected chi connectivity index (χ2v) is 6.20. The molecule has 0 aromatic heterocycles. The van der Waals surface area contributed by atoms with E-state index in [-0.39, 0.29) is 0 Å². The van der Waals surface area contributed by atoms with Crippen molar-refractivity contribution in [3.8, 4) is 0 Å². The van der Waals surface area contributed by atoms with Crippen molar-refractivity contribution in [3.63, 3.8) is 0 Å². The van der Waals surface area contributed by atoms with E-state index in [0.29, 0.717) is 0 Å². The van der Waals surface area contributed by atoms with Gasteiger partial charge in [-0.05, 0) is 31.1 Å². The van der Waals surface area contributed by atoms with Crippen LogP contribution in [0.3, 0.4) is 0 Å². The third kappa shape index (κ3) is 10.3. The maximum Gasteiger partial charge on any atom is 0.0937 e. The first-order valence-electron chi connectivity index (χ1n) is 8.96. The van der Waals surface area contributed by atoms with E-state index in [0.717, 1.165) is 37.1 Å². The molecule has 0 aliphatic carbocycles. The molecule has 0 aromatic rings. The Morgan fingerprint density at radius 2 is 1.45 bits per heavy atom. The Balaban J connectivity index is 4.10. The molecule has 2 N–H and O–H groups in total. The number of nitrogens with two attached hydrogens (primary N) is 1. The summed E-state index contributed by atoms with van der Waals surface area (Å²) in [7, 11) is 0. The molecule has 0 rings (SSSR count). The molecular weight excluding hydrogens is 244 g/mol. The lowest BCUT2D eigenvalue weighted by Crippen LogP contribution is -2.15. The van der Waals surface area contributed by atoms with Gasteiger partial charge in [0.1, 0.15) is 0 Å². The summed E-state index contributed by atoms with van der Waals surface area (Å²) in [6.07, 6.45) is 12.7. The van der Waals surface area contributed by atoms with E-state index in [1.165, 1.54) is 51.4 Å². The third-order valence-corrected chi connectivity index (χ3v) is 4.40. The molecule has 0 saturated carbocycles. The molecule has 0 amide bonds. The number of unbranched alkanes of at least 4 members (excludes halogenated alkanes) is 1. The van der Waals surface area contributed by atoms with E-state index in [1.807, 2.05) is 0 Å². The number of nitrogens with zero attached hydrogens (tertiary/aromatic N) is 1. The van der Waals surface area contributed by atoms with Crippen LogP contribution in [0.5, 0.6) is 0 Å². The van der Waals surface area contributed by atoms with Crippen LogP contribution < -0.4 is 5.73 Å². The summed E-state index contributed by atoms with van der Waals surface area (Å²) >= 11 is 0. The quantitative estimate of drug-likeness (QED) is 0.349. The zero-order valence-corrected chi connectivity index (χ0v) is 14.5. The highest BCUT2D eigenvalue weighted by Gasteiger charge is 2.10. The molecule has 1 atom stereocenters. The van der Waals surface area contributed by atoms with Gasteiger partial charge in [-0.25, -0.2) is 0 Å². The maximum absolute atomic E-state index is 5.93. The summed E-state index contributed by atoms with van der Waals surface area (Å²) in [5, 5.41) is 0. The van der Waals surface area contributed by atoms with E-state index in [1.54, 1.807) is 0 Å². The van der Waals surface area contributed by atoms with Crippen LogP contribution in [0, 0.1) is 11.8 Å². The minimum Gasteiger partial charge on any atom is -0.387 e. The van der Waals surface area contributed by atoms with Gasteiger partial charge in [0.15, 0.2) is 0 Å². The molecule has 0 radical (unpaired) electrons. The predicted molar refractivity (Wildman–Crippen MR) is 92.3 cm³/mol. The van der Waals surface area contributed by atoms with E-state index in [9.17, 15) is 0 Å². The van der Waals surface area contributed by atoms with Crippen molar-refractivity contribution in [2.24, 2.45) is 22.6 Å². The van der Waals surface area contributed by atoms with Gasteiger partial charge in [0.25, 0.3) is 0 Å². The third-order valence-electron chi connectivity index (χ3n) is 4.40. The topological polar surface area (TPSA) is 38.4 Å². The molecule has 0 bridgehead atoms. The van der Waals surface area contributed by atoms with Gasteiger partial charge in [-0.3, -0.25) is 4.99 Å². The van der Waals surface area contributed by atoms with Crippen LogP contribution in [-0.2, 0) is 0 Å². The van der Waals surface area contributed by atoms with E-state index < -0.39 is 0 Å². The Bertz CT molecular complexity index is 232. The summed E-state index contributed by atoms with van der Waals surface area (Å²) in [4.78, 5) is 4.60. The zero-order valence-electron chi connectivity index (χ0n) is 14.5. The Labute approximate surface area is 127 Å². The molecule has 0 heterocycles. The molecule has 2 heteroatoms. The summed E-state index contributed by atoms with van der Waals surface area (Å²) < 4.78 is 0. The van der Waals surface area contributed by atoms with Crippen molar-refractivity contribution in [3.05, 3.63) is 0 Å². The first kappa shape index (κ1) is 19.5. The fourth-order valence-corrected chi connectivity index (χ4v) is 2.79. The molecule has 0 spiro atoms. The molecule has 0 aliphatic rings. The van der Waals surface area contributed by atoms with Crippen LogP contribution in [-0.4, -0.2) is 12.4 Å². The minimum absolute atomic E-state index is 0.750. The summed E-state index contributed by atoms with van der Waals surface area (Å²) in [5.74, 6) is 2.53. The van der Waals surface area contributed by atoms with Crippen molar-refractivity contribution in [1.82, 2.24) is 0 Å². The molecule has 0 saturated heterocycles. The van der Waals surface area contributed by atoms with Crippen LogP contribution in [0.15, 0.2) is 4.99 Å². The Morgan fingerprint density at radius 3 is 2.00 bits per heavy atom. The standard InChI is InChI=1S/C18H38N2/c1-5-9-12-17(15-20-18(19)11-6-2)14-10-13-16(7-3)8-4/h16-17H,5-15H2,1-4H3,(H2,19,20). The minimum atomic E-state index is 0.750. The molecule has 20 heavy (non-hydrogen) atoms. The normalized spacial score (nSPS) is 13.9. The van der Waals surface area contributed by atoms with Crippen molar-refractivity contribution < 1.29 is 0 Å². The summed E-state index contributed by atoms with van der Waals surface area (Å²) in [6, 6.07) is 0. The maximum atomic E-state index is 5.93. The highest BCUT2D eigenvalue weighted by molar-refractivity contribution is 5.80. The highest BCUT2D eigenvalue weighted by atomic mass is 14.8. The second kappa shape index (κ2) is 13.5. The van der Waals surface area contributed by atoms with Crippen LogP contribution >= 0.6 is 0 Å². The molecule has 1 unspecified atom stereocenters. The molecular formula is C18H38N2. The van der Waals surface area contributed by atoms with Crippen LogP contribution in [0.2, 0.25) is 0 Å². The Morgan fingerprint density at radius 1 is 0.850 bits per heavy atom.